The van der Waals surface area contributed by atoms with Crippen LogP contribution in [0.3, 0.4) is 0 Å². The van der Waals surface area contributed by atoms with Crippen LogP contribution < -0.4 is 21.7 Å². The number of aliphatic carboxylic acids is 2. The number of carbonyl (C=O) groups excluding carboxylic acids is 3. The molecule has 0 aliphatic rings. The second-order valence-corrected chi connectivity index (χ2v) is 9.57. The fraction of sp³-hybridized carbons (Fsp3) is 0.286. The van der Waals surface area contributed by atoms with E-state index in [9.17, 15) is 34.2 Å². The lowest BCUT2D eigenvalue weighted by Crippen LogP contribution is -2.58. The van der Waals surface area contributed by atoms with Crippen molar-refractivity contribution >= 4 is 29.7 Å². The Labute approximate surface area is 240 Å². The highest BCUT2D eigenvalue weighted by Gasteiger charge is 2.31. The first-order valence-electron chi connectivity index (χ1n) is 12.9. The normalized spacial score (nSPS) is 13.6. The molecule has 3 rings (SSSR count). The molecule has 0 bridgehead atoms. The maximum absolute atomic E-state index is 13.5. The van der Waals surface area contributed by atoms with Crippen LogP contribution in [0.1, 0.15) is 23.2 Å². The number of benzene rings is 2. The number of amides is 3. The van der Waals surface area contributed by atoms with E-state index in [4.69, 9.17) is 10.8 Å². The fourth-order valence-electron chi connectivity index (χ4n) is 4.06. The summed E-state index contributed by atoms with van der Waals surface area (Å²) in [5.41, 5.74) is 7.90. The number of carboxylic acids is 2. The number of hydrogen-bond acceptors (Lipinski definition) is 8. The molecule has 3 amide bonds. The molecule has 14 nitrogen and oxygen atoms in total. The number of phenolic OH excluding ortho intramolecular Hbond substituents is 1. The zero-order chi connectivity index (χ0) is 30.6. The molecule has 9 N–H and O–H groups in total. The Bertz CT molecular complexity index is 1360. The number of carboxylic acid groups (broad SMARTS) is 2. The molecule has 3 aromatic rings. The van der Waals surface area contributed by atoms with Gasteiger partial charge in [-0.15, -0.1) is 0 Å². The van der Waals surface area contributed by atoms with Gasteiger partial charge in [0, 0.05) is 24.7 Å². The standard InChI is InChI=1S/C28H32N6O8/c29-20(10-17-6-8-19(35)9-7-17)25(38)32-22(12-18-14-30-15-31-18)27(40)33-21(11-16-4-2-1-3-5-16)26(39)34-23(28(41)42)13-24(36)37/h1-9,14-15,20-23,35H,10-13,29H2,(H,30,31)(H,32,38)(H,33,40)(H,34,39)(H,36,37)(H,41,42). The first-order valence-corrected chi connectivity index (χ1v) is 12.9. The maximum Gasteiger partial charge on any atom is 0.326 e. The molecule has 0 saturated carbocycles. The highest BCUT2D eigenvalue weighted by molar-refractivity contribution is 5.95. The van der Waals surface area contributed by atoms with Gasteiger partial charge in [0.15, 0.2) is 0 Å². The van der Waals surface area contributed by atoms with Crippen LogP contribution in [0.5, 0.6) is 5.75 Å². The zero-order valence-corrected chi connectivity index (χ0v) is 22.4. The summed E-state index contributed by atoms with van der Waals surface area (Å²) >= 11 is 0. The molecule has 0 aliphatic heterocycles. The number of hydrogen-bond donors (Lipinski definition) is 8. The van der Waals surface area contributed by atoms with Crippen molar-refractivity contribution in [3.63, 3.8) is 0 Å². The molecule has 14 heteroatoms. The number of aromatic hydroxyl groups is 1. The Morgan fingerprint density at radius 3 is 1.90 bits per heavy atom. The number of rotatable bonds is 15. The van der Waals surface area contributed by atoms with Crippen molar-refractivity contribution in [2.75, 3.05) is 0 Å². The molecule has 0 saturated heterocycles. The van der Waals surface area contributed by atoms with Crippen molar-refractivity contribution in [1.29, 1.82) is 0 Å². The van der Waals surface area contributed by atoms with Gasteiger partial charge in [-0.2, -0.15) is 0 Å². The van der Waals surface area contributed by atoms with E-state index < -0.39 is 60.2 Å². The molecule has 1 aromatic heterocycles. The van der Waals surface area contributed by atoms with Crippen molar-refractivity contribution in [1.82, 2.24) is 25.9 Å². The zero-order valence-electron chi connectivity index (χ0n) is 22.4. The molecular weight excluding hydrogens is 548 g/mol. The van der Waals surface area contributed by atoms with E-state index in [1.165, 1.54) is 24.7 Å². The Hall–Kier alpha value is -5.24. The molecule has 222 valence electrons. The van der Waals surface area contributed by atoms with E-state index >= 15 is 0 Å². The largest absolute Gasteiger partial charge is 0.508 e. The van der Waals surface area contributed by atoms with Crippen LogP contribution in [-0.2, 0) is 43.2 Å². The summed E-state index contributed by atoms with van der Waals surface area (Å²) in [6, 6.07) is 9.39. The fourth-order valence-corrected chi connectivity index (χ4v) is 4.06. The molecule has 0 fully saturated rings. The Kier molecular flexibility index (Phi) is 11.1. The van der Waals surface area contributed by atoms with Crippen molar-refractivity contribution in [2.45, 2.75) is 49.9 Å². The van der Waals surface area contributed by atoms with Gasteiger partial charge in [0.1, 0.15) is 23.9 Å². The molecular formula is C28H32N6O8. The van der Waals surface area contributed by atoms with Crippen LogP contribution in [0.25, 0.3) is 0 Å². The number of carbonyl (C=O) groups is 5. The minimum Gasteiger partial charge on any atom is -0.508 e. The van der Waals surface area contributed by atoms with Gasteiger partial charge in [-0.25, -0.2) is 9.78 Å². The number of imidazole rings is 1. The molecule has 0 radical (unpaired) electrons. The number of nitrogens with one attached hydrogen (secondary N) is 4. The average molecular weight is 581 g/mol. The number of nitrogens with zero attached hydrogens (tertiary/aromatic N) is 1. The number of aromatic amines is 1. The van der Waals surface area contributed by atoms with Crippen LogP contribution >= 0.6 is 0 Å². The third kappa shape index (κ3) is 9.75. The summed E-state index contributed by atoms with van der Waals surface area (Å²) in [5, 5.41) is 35.2. The highest BCUT2D eigenvalue weighted by Crippen LogP contribution is 2.11. The van der Waals surface area contributed by atoms with Crippen molar-refractivity contribution < 1.29 is 39.3 Å². The summed E-state index contributed by atoms with van der Waals surface area (Å²) in [7, 11) is 0. The molecule has 4 atom stereocenters. The van der Waals surface area contributed by atoms with Gasteiger partial charge >= 0.3 is 11.9 Å². The minimum absolute atomic E-state index is 0.0417. The molecule has 2 aromatic carbocycles. The highest BCUT2D eigenvalue weighted by atomic mass is 16.4. The summed E-state index contributed by atoms with van der Waals surface area (Å²) in [6.07, 6.45) is 2.00. The van der Waals surface area contributed by atoms with Crippen LogP contribution in [0.2, 0.25) is 0 Å². The van der Waals surface area contributed by atoms with E-state index in [2.05, 4.69) is 25.9 Å². The Morgan fingerprint density at radius 2 is 1.33 bits per heavy atom. The number of nitrogens with two attached hydrogens (primary N) is 1. The summed E-state index contributed by atoms with van der Waals surface area (Å²) in [6.45, 7) is 0. The van der Waals surface area contributed by atoms with Crippen LogP contribution in [0.15, 0.2) is 67.1 Å². The number of phenols is 1. The molecule has 42 heavy (non-hydrogen) atoms. The van der Waals surface area contributed by atoms with Gasteiger partial charge in [0.2, 0.25) is 17.7 Å². The van der Waals surface area contributed by atoms with Gasteiger partial charge in [-0.05, 0) is 29.7 Å². The van der Waals surface area contributed by atoms with E-state index in [0.29, 0.717) is 16.8 Å². The SMILES string of the molecule is NC(Cc1ccc(O)cc1)C(=O)NC(Cc1cnc[nH]1)C(=O)NC(Cc1ccccc1)C(=O)NC(CC(=O)O)C(=O)O. The lowest BCUT2D eigenvalue weighted by atomic mass is 10.0. The monoisotopic (exact) mass is 580 g/mol. The lowest BCUT2D eigenvalue weighted by Gasteiger charge is -2.25. The first kappa shape index (κ1) is 31.3. The Balaban J connectivity index is 1.79. The van der Waals surface area contributed by atoms with E-state index in [1.807, 2.05) is 0 Å². The molecule has 0 aliphatic carbocycles. The predicted octanol–water partition coefficient (Wildman–Crippen LogP) is -0.516. The molecule has 4 unspecified atom stereocenters. The quantitative estimate of drug-likeness (QED) is 0.114. The van der Waals surface area contributed by atoms with E-state index in [-0.39, 0.29) is 25.0 Å². The van der Waals surface area contributed by atoms with Gasteiger partial charge < -0.3 is 42.0 Å². The first-order chi connectivity index (χ1) is 20.0. The third-order valence-corrected chi connectivity index (χ3v) is 6.25. The Morgan fingerprint density at radius 1 is 0.762 bits per heavy atom. The van der Waals surface area contributed by atoms with Crippen molar-refractivity contribution in [3.05, 3.63) is 83.9 Å². The smallest absolute Gasteiger partial charge is 0.326 e. The van der Waals surface area contributed by atoms with Crippen LogP contribution in [0.4, 0.5) is 0 Å². The number of aromatic nitrogens is 2. The molecule has 1 heterocycles. The van der Waals surface area contributed by atoms with E-state index in [0.717, 1.165) is 0 Å². The molecule has 0 spiro atoms. The van der Waals surface area contributed by atoms with Crippen molar-refractivity contribution in [2.24, 2.45) is 5.73 Å². The third-order valence-electron chi connectivity index (χ3n) is 6.25. The summed E-state index contributed by atoms with van der Waals surface area (Å²) in [5.74, 6) is -5.27. The predicted molar refractivity (Wildman–Crippen MR) is 148 cm³/mol. The lowest BCUT2D eigenvalue weighted by molar-refractivity contribution is -0.147. The average Bonchev–Trinajstić information content (AvgIpc) is 3.46. The summed E-state index contributed by atoms with van der Waals surface area (Å²) in [4.78, 5) is 69.1. The topological polar surface area (TPSA) is 237 Å². The van der Waals surface area contributed by atoms with Crippen LogP contribution in [0, 0.1) is 0 Å². The maximum atomic E-state index is 13.5. The minimum atomic E-state index is -1.73. The van der Waals surface area contributed by atoms with Gasteiger partial charge in [0.25, 0.3) is 0 Å². The summed E-state index contributed by atoms with van der Waals surface area (Å²) < 4.78 is 0. The van der Waals surface area contributed by atoms with Crippen molar-refractivity contribution in [3.8, 4) is 5.75 Å². The van der Waals surface area contributed by atoms with Crippen LogP contribution in [-0.4, -0.2) is 79.1 Å². The number of H-pyrrole nitrogens is 1. The second-order valence-electron chi connectivity index (χ2n) is 9.57. The van der Waals surface area contributed by atoms with Gasteiger partial charge in [-0.1, -0.05) is 42.5 Å². The second kappa shape index (κ2) is 14.9. The van der Waals surface area contributed by atoms with E-state index in [1.54, 1.807) is 42.5 Å². The van der Waals surface area contributed by atoms with Gasteiger partial charge in [-0.3, -0.25) is 19.2 Å². The van der Waals surface area contributed by atoms with Gasteiger partial charge in [0.05, 0.1) is 18.8 Å².